The van der Waals surface area contributed by atoms with Crippen molar-refractivity contribution in [2.75, 3.05) is 18.1 Å². The summed E-state index contributed by atoms with van der Waals surface area (Å²) >= 11 is 2.56. The van der Waals surface area contributed by atoms with E-state index in [1.165, 1.54) is 23.9 Å². The number of anilines is 1. The summed E-state index contributed by atoms with van der Waals surface area (Å²) in [5, 5.41) is 4.32. The zero-order valence-corrected chi connectivity index (χ0v) is 12.6. The third-order valence-electron chi connectivity index (χ3n) is 2.33. The fourth-order valence-corrected chi connectivity index (χ4v) is 2.75. The van der Waals surface area contributed by atoms with E-state index in [2.05, 4.69) is 15.3 Å². The molecule has 3 nitrogen and oxygen atoms in total. The van der Waals surface area contributed by atoms with E-state index in [1.807, 2.05) is 13.2 Å². The molecule has 7 heteroatoms. The standard InChI is InChI=1S/C13H13F2N3S2/c1-3-16-11-7-12(18-13(17-11)19-2)20-10-5-4-8(14)6-9(10)15/h4-7H,3H2,1-2H3,(H,16,17,18). The third kappa shape index (κ3) is 3.83. The molecule has 0 saturated carbocycles. The van der Waals surface area contributed by atoms with E-state index in [0.29, 0.717) is 20.9 Å². The normalized spacial score (nSPS) is 10.6. The Balaban J connectivity index is 2.29. The fraction of sp³-hybridized carbons (Fsp3) is 0.231. The molecule has 20 heavy (non-hydrogen) atoms. The van der Waals surface area contributed by atoms with Crippen LogP contribution in [0.2, 0.25) is 0 Å². The van der Waals surface area contributed by atoms with E-state index in [9.17, 15) is 8.78 Å². The molecule has 0 saturated heterocycles. The Kier molecular flexibility index (Phi) is 5.19. The van der Waals surface area contributed by atoms with Gasteiger partial charge in [-0.3, -0.25) is 0 Å². The highest BCUT2D eigenvalue weighted by Gasteiger charge is 2.09. The van der Waals surface area contributed by atoms with Gasteiger partial charge in [-0.25, -0.2) is 18.7 Å². The monoisotopic (exact) mass is 313 g/mol. The molecule has 2 rings (SSSR count). The minimum Gasteiger partial charge on any atom is -0.370 e. The van der Waals surface area contributed by atoms with Gasteiger partial charge >= 0.3 is 0 Å². The van der Waals surface area contributed by atoms with Gasteiger partial charge in [0.05, 0.1) is 0 Å². The summed E-state index contributed by atoms with van der Waals surface area (Å²) in [4.78, 5) is 8.93. The maximum absolute atomic E-state index is 13.6. The van der Waals surface area contributed by atoms with Gasteiger partial charge < -0.3 is 5.32 Å². The number of rotatable bonds is 5. The molecule has 0 aliphatic heterocycles. The Morgan fingerprint density at radius 2 is 2.00 bits per heavy atom. The minimum absolute atomic E-state index is 0.333. The smallest absolute Gasteiger partial charge is 0.190 e. The lowest BCUT2D eigenvalue weighted by Crippen LogP contribution is -2.01. The van der Waals surface area contributed by atoms with Gasteiger partial charge in [-0.15, -0.1) is 0 Å². The van der Waals surface area contributed by atoms with Gasteiger partial charge in [0, 0.05) is 23.6 Å². The van der Waals surface area contributed by atoms with Gasteiger partial charge in [-0.2, -0.15) is 0 Å². The second-order valence-electron chi connectivity index (χ2n) is 3.79. The Hall–Kier alpha value is -1.34. The lowest BCUT2D eigenvalue weighted by molar-refractivity contribution is 0.565. The Morgan fingerprint density at radius 3 is 2.65 bits per heavy atom. The van der Waals surface area contributed by atoms with Crippen molar-refractivity contribution in [1.82, 2.24) is 9.97 Å². The predicted octanol–water partition coefficient (Wildman–Crippen LogP) is 4.06. The summed E-state index contributed by atoms with van der Waals surface area (Å²) in [7, 11) is 0. The second kappa shape index (κ2) is 6.90. The number of hydrogen-bond acceptors (Lipinski definition) is 5. The molecular weight excluding hydrogens is 300 g/mol. The van der Waals surface area contributed by atoms with E-state index in [0.717, 1.165) is 24.4 Å². The Labute approximate surface area is 124 Å². The number of nitrogens with zero attached hydrogens (tertiary/aromatic N) is 2. The number of thioether (sulfide) groups is 1. The molecule has 0 amide bonds. The zero-order valence-electron chi connectivity index (χ0n) is 11.0. The largest absolute Gasteiger partial charge is 0.370 e. The van der Waals surface area contributed by atoms with Crippen LogP contribution in [0.1, 0.15) is 6.92 Å². The van der Waals surface area contributed by atoms with E-state index in [-0.39, 0.29) is 0 Å². The number of hydrogen-bond donors (Lipinski definition) is 1. The molecule has 1 heterocycles. The van der Waals surface area contributed by atoms with Gasteiger partial charge in [0.2, 0.25) is 0 Å². The summed E-state index contributed by atoms with van der Waals surface area (Å²) in [5.74, 6) is -0.492. The highest BCUT2D eigenvalue weighted by atomic mass is 32.2. The van der Waals surface area contributed by atoms with Crippen LogP contribution < -0.4 is 5.32 Å². The van der Waals surface area contributed by atoms with E-state index >= 15 is 0 Å². The second-order valence-corrected chi connectivity index (χ2v) is 5.62. The summed E-state index contributed by atoms with van der Waals surface area (Å²) < 4.78 is 26.5. The molecule has 0 spiro atoms. The Morgan fingerprint density at radius 1 is 1.20 bits per heavy atom. The van der Waals surface area contributed by atoms with Crippen molar-refractivity contribution < 1.29 is 8.78 Å². The molecule has 0 radical (unpaired) electrons. The Bertz CT molecular complexity index is 608. The van der Waals surface area contributed by atoms with E-state index in [1.54, 1.807) is 6.07 Å². The van der Waals surface area contributed by atoms with Crippen LogP contribution in [0.5, 0.6) is 0 Å². The molecular formula is C13H13F2N3S2. The molecule has 106 valence electrons. The molecule has 0 aliphatic rings. The number of nitrogens with one attached hydrogen (secondary N) is 1. The molecule has 0 atom stereocenters. The van der Waals surface area contributed by atoms with Crippen molar-refractivity contribution >= 4 is 29.3 Å². The molecule has 0 aliphatic carbocycles. The minimum atomic E-state index is -0.593. The lowest BCUT2D eigenvalue weighted by atomic mass is 10.3. The maximum atomic E-state index is 13.6. The van der Waals surface area contributed by atoms with Crippen molar-refractivity contribution in [3.63, 3.8) is 0 Å². The average molecular weight is 313 g/mol. The van der Waals surface area contributed by atoms with Gasteiger partial charge in [-0.1, -0.05) is 23.5 Å². The molecule has 0 unspecified atom stereocenters. The summed E-state index contributed by atoms with van der Waals surface area (Å²) in [5.41, 5.74) is 0. The summed E-state index contributed by atoms with van der Waals surface area (Å²) in [6, 6.07) is 5.25. The van der Waals surface area contributed by atoms with Crippen LogP contribution in [-0.2, 0) is 0 Å². The van der Waals surface area contributed by atoms with Gasteiger partial charge in [0.1, 0.15) is 22.5 Å². The lowest BCUT2D eigenvalue weighted by Gasteiger charge is -2.08. The first-order valence-corrected chi connectivity index (χ1v) is 7.96. The number of aromatic nitrogens is 2. The highest BCUT2D eigenvalue weighted by molar-refractivity contribution is 7.99. The zero-order chi connectivity index (χ0) is 14.5. The van der Waals surface area contributed by atoms with Gasteiger partial charge in [0.25, 0.3) is 0 Å². The average Bonchev–Trinajstić information content (AvgIpc) is 2.42. The van der Waals surface area contributed by atoms with Crippen molar-refractivity contribution in [3.8, 4) is 0 Å². The van der Waals surface area contributed by atoms with Crippen LogP contribution in [0.15, 0.2) is 39.3 Å². The summed E-state index contributed by atoms with van der Waals surface area (Å²) in [6.45, 7) is 2.70. The van der Waals surface area contributed by atoms with Crippen molar-refractivity contribution in [2.45, 2.75) is 22.0 Å². The predicted molar refractivity (Wildman–Crippen MR) is 78.5 cm³/mol. The SMILES string of the molecule is CCNc1cc(Sc2ccc(F)cc2F)nc(SC)n1. The van der Waals surface area contributed by atoms with Crippen LogP contribution in [0.25, 0.3) is 0 Å². The molecule has 0 fully saturated rings. The van der Waals surface area contributed by atoms with Crippen LogP contribution >= 0.6 is 23.5 Å². The number of halogens is 2. The molecule has 1 aromatic carbocycles. The third-order valence-corrected chi connectivity index (χ3v) is 3.85. The van der Waals surface area contributed by atoms with Crippen molar-refractivity contribution in [3.05, 3.63) is 35.9 Å². The van der Waals surface area contributed by atoms with Crippen molar-refractivity contribution in [2.24, 2.45) is 0 Å². The van der Waals surface area contributed by atoms with Crippen molar-refractivity contribution in [1.29, 1.82) is 0 Å². The first-order valence-electron chi connectivity index (χ1n) is 5.92. The fourth-order valence-electron chi connectivity index (χ4n) is 1.49. The van der Waals surface area contributed by atoms with E-state index in [4.69, 9.17) is 0 Å². The van der Waals surface area contributed by atoms with E-state index < -0.39 is 11.6 Å². The first-order chi connectivity index (χ1) is 9.62. The topological polar surface area (TPSA) is 37.8 Å². The van der Waals surface area contributed by atoms with Crippen LogP contribution in [0, 0.1) is 11.6 Å². The highest BCUT2D eigenvalue weighted by Crippen LogP contribution is 2.31. The van der Waals surface area contributed by atoms with Crippen LogP contribution in [0.4, 0.5) is 14.6 Å². The van der Waals surface area contributed by atoms with Gasteiger partial charge in [0.15, 0.2) is 5.16 Å². The van der Waals surface area contributed by atoms with Gasteiger partial charge in [-0.05, 0) is 25.3 Å². The maximum Gasteiger partial charge on any atom is 0.190 e. The molecule has 1 aromatic heterocycles. The molecule has 1 N–H and O–H groups in total. The first kappa shape index (κ1) is 15.1. The van der Waals surface area contributed by atoms with Crippen LogP contribution in [0.3, 0.4) is 0 Å². The number of benzene rings is 1. The molecule has 0 bridgehead atoms. The quantitative estimate of drug-likeness (QED) is 0.512. The summed E-state index contributed by atoms with van der Waals surface area (Å²) in [6.07, 6.45) is 1.87. The van der Waals surface area contributed by atoms with Crippen LogP contribution in [-0.4, -0.2) is 22.8 Å². The molecule has 2 aromatic rings.